The van der Waals surface area contributed by atoms with Gasteiger partial charge in [-0.2, -0.15) is 4.31 Å². The highest BCUT2D eigenvalue weighted by molar-refractivity contribution is 8.03. The highest BCUT2D eigenvalue weighted by Crippen LogP contribution is 2.30. The van der Waals surface area contributed by atoms with Crippen LogP contribution in [-0.4, -0.2) is 71.4 Å². The van der Waals surface area contributed by atoms with E-state index in [2.05, 4.69) is 16.8 Å². The summed E-state index contributed by atoms with van der Waals surface area (Å²) in [6.07, 6.45) is 0. The van der Waals surface area contributed by atoms with Gasteiger partial charge >= 0.3 is 0 Å². The highest BCUT2D eigenvalue weighted by Gasteiger charge is 2.31. The maximum absolute atomic E-state index is 13.0. The summed E-state index contributed by atoms with van der Waals surface area (Å²) in [5, 5.41) is 8.26. The maximum atomic E-state index is 13.0. The number of carbonyl (C=O) groups is 1. The molecular weight excluding hydrogens is 473 g/mol. The zero-order valence-electron chi connectivity index (χ0n) is 17.8. The Hall–Kier alpha value is -1.40. The number of thioether (sulfide) groups is 2. The van der Waals surface area contributed by atoms with Crippen LogP contribution < -0.4 is 0 Å². The number of aromatic nitrogens is 2. The summed E-state index contributed by atoms with van der Waals surface area (Å²) in [5.41, 5.74) is 2.72. The first kappa shape index (κ1) is 24.2. The third kappa shape index (κ3) is 6.32. The quantitative estimate of drug-likeness (QED) is 0.407. The van der Waals surface area contributed by atoms with Crippen molar-refractivity contribution >= 4 is 50.8 Å². The van der Waals surface area contributed by atoms with E-state index < -0.39 is 10.0 Å². The molecule has 2 aromatic rings. The number of hydrogen-bond donors (Lipinski definition) is 0. The van der Waals surface area contributed by atoms with E-state index in [-0.39, 0.29) is 11.7 Å². The Balaban J connectivity index is 1.52. The zero-order chi connectivity index (χ0) is 22.6. The molecule has 1 aromatic heterocycles. The third-order valence-corrected chi connectivity index (χ3v) is 10.1. The Kier molecular flexibility index (Phi) is 8.19. The van der Waals surface area contributed by atoms with Crippen molar-refractivity contribution in [1.29, 1.82) is 0 Å². The number of hydrogen-bond acceptors (Lipinski definition) is 8. The van der Waals surface area contributed by atoms with Crippen LogP contribution in [0.1, 0.15) is 18.1 Å². The molecule has 1 aliphatic rings. The molecule has 0 radical (unpaired) electrons. The average Bonchev–Trinajstić information content (AvgIpc) is 3.20. The van der Waals surface area contributed by atoms with Crippen molar-refractivity contribution in [2.24, 2.45) is 0 Å². The molecule has 7 nitrogen and oxygen atoms in total. The van der Waals surface area contributed by atoms with Crippen molar-refractivity contribution in [3.05, 3.63) is 41.5 Å². The first-order chi connectivity index (χ1) is 14.7. The molecule has 0 spiro atoms. The van der Waals surface area contributed by atoms with Gasteiger partial charge in [-0.1, -0.05) is 59.1 Å². The molecule has 0 bridgehead atoms. The van der Waals surface area contributed by atoms with Crippen LogP contribution in [-0.2, 0) is 14.8 Å². The molecule has 0 saturated carbocycles. The lowest BCUT2D eigenvalue weighted by atomic mass is 10.2. The smallest absolute Gasteiger partial charge is 0.243 e. The number of carbonyl (C=O) groups excluding carboxylic acids is 1. The second-order valence-corrected chi connectivity index (χ2v) is 12.8. The Morgan fingerprint density at radius 3 is 2.32 bits per heavy atom. The molecule has 1 aromatic carbocycles. The van der Waals surface area contributed by atoms with Gasteiger partial charge in [-0.05, 0) is 38.0 Å². The molecule has 168 valence electrons. The summed E-state index contributed by atoms with van der Waals surface area (Å²) in [6, 6.07) is 5.45. The number of amides is 1. The van der Waals surface area contributed by atoms with E-state index in [1.165, 1.54) is 27.4 Å². The fraction of sp³-hybridized carbons (Fsp3) is 0.450. The SMILES string of the molecule is C=C(C)CSc1nnc(SCC(=O)N2CCN(S(=O)(=O)c3cc(C)ccc3C)CC2)s1. The third-order valence-electron chi connectivity index (χ3n) is 4.70. The number of nitrogens with zero attached hydrogens (tertiary/aromatic N) is 4. The lowest BCUT2D eigenvalue weighted by Crippen LogP contribution is -2.51. The predicted octanol–water partition coefficient (Wildman–Crippen LogP) is 3.45. The second-order valence-electron chi connectivity index (χ2n) is 7.42. The van der Waals surface area contributed by atoms with E-state index in [1.807, 2.05) is 26.0 Å². The van der Waals surface area contributed by atoms with E-state index in [0.717, 1.165) is 31.1 Å². The molecule has 0 N–H and O–H groups in total. The Morgan fingerprint density at radius 1 is 1.10 bits per heavy atom. The molecule has 0 atom stereocenters. The molecule has 0 aliphatic carbocycles. The molecule has 11 heteroatoms. The van der Waals surface area contributed by atoms with Crippen molar-refractivity contribution in [1.82, 2.24) is 19.4 Å². The number of benzene rings is 1. The Labute approximate surface area is 196 Å². The standard InChI is InChI=1S/C20H26N4O3S4/c1-14(2)12-28-19-21-22-20(30-19)29-13-18(25)23-7-9-24(10-8-23)31(26,27)17-11-15(3)5-6-16(17)4/h5-6,11H,1,7-10,12-13H2,2-4H3. The minimum atomic E-state index is -3.56. The van der Waals surface area contributed by atoms with Crippen molar-refractivity contribution in [3.8, 4) is 0 Å². The van der Waals surface area contributed by atoms with Gasteiger partial charge in [-0.25, -0.2) is 8.42 Å². The highest BCUT2D eigenvalue weighted by atomic mass is 32.2. The molecule has 1 aliphatic heterocycles. The van der Waals surface area contributed by atoms with Crippen LogP contribution in [0.15, 0.2) is 43.9 Å². The van der Waals surface area contributed by atoms with Crippen LogP contribution >= 0.6 is 34.9 Å². The van der Waals surface area contributed by atoms with Crippen molar-refractivity contribution in [2.75, 3.05) is 37.7 Å². The first-order valence-corrected chi connectivity index (χ1v) is 14.0. The van der Waals surface area contributed by atoms with Crippen LogP contribution in [0.25, 0.3) is 0 Å². The van der Waals surface area contributed by atoms with Crippen molar-refractivity contribution in [2.45, 2.75) is 34.3 Å². The lowest BCUT2D eigenvalue weighted by molar-refractivity contribution is -0.129. The van der Waals surface area contributed by atoms with Crippen molar-refractivity contribution < 1.29 is 13.2 Å². The Morgan fingerprint density at radius 2 is 1.71 bits per heavy atom. The summed E-state index contributed by atoms with van der Waals surface area (Å²) >= 11 is 4.43. The van der Waals surface area contributed by atoms with Gasteiger partial charge in [-0.15, -0.1) is 10.2 Å². The number of piperazine rings is 1. The van der Waals surface area contributed by atoms with Crippen LogP contribution in [0.2, 0.25) is 0 Å². The molecule has 31 heavy (non-hydrogen) atoms. The maximum Gasteiger partial charge on any atom is 0.243 e. The predicted molar refractivity (Wildman–Crippen MR) is 127 cm³/mol. The van der Waals surface area contributed by atoms with Gasteiger partial charge in [0, 0.05) is 31.9 Å². The average molecular weight is 499 g/mol. The second kappa shape index (κ2) is 10.5. The molecule has 0 unspecified atom stereocenters. The van der Waals surface area contributed by atoms with Crippen LogP contribution in [0.5, 0.6) is 0 Å². The molecule has 1 saturated heterocycles. The van der Waals surface area contributed by atoms with Gasteiger partial charge in [0.2, 0.25) is 15.9 Å². The minimum Gasteiger partial charge on any atom is -0.339 e. The molecular formula is C20H26N4O3S4. The van der Waals surface area contributed by atoms with Crippen molar-refractivity contribution in [3.63, 3.8) is 0 Å². The van der Waals surface area contributed by atoms with Gasteiger partial charge in [0.1, 0.15) is 0 Å². The van der Waals surface area contributed by atoms with E-state index in [1.54, 1.807) is 29.7 Å². The van der Waals surface area contributed by atoms with Crippen LogP contribution in [0, 0.1) is 13.8 Å². The Bertz CT molecular complexity index is 1060. The molecule has 2 heterocycles. The number of rotatable bonds is 8. The van der Waals surface area contributed by atoms with Crippen LogP contribution in [0.4, 0.5) is 0 Å². The topological polar surface area (TPSA) is 83.5 Å². The number of sulfonamides is 1. The summed E-state index contributed by atoms with van der Waals surface area (Å²) in [4.78, 5) is 14.7. The fourth-order valence-corrected chi connectivity index (χ4v) is 7.51. The van der Waals surface area contributed by atoms with Crippen LogP contribution in [0.3, 0.4) is 0 Å². The normalized spacial score (nSPS) is 15.3. The molecule has 1 amide bonds. The fourth-order valence-electron chi connectivity index (χ4n) is 3.02. The van der Waals surface area contributed by atoms with Gasteiger partial charge < -0.3 is 4.90 Å². The van der Waals surface area contributed by atoms with Gasteiger partial charge in [0.25, 0.3) is 0 Å². The summed E-state index contributed by atoms with van der Waals surface area (Å²) < 4.78 is 29.2. The lowest BCUT2D eigenvalue weighted by Gasteiger charge is -2.34. The summed E-state index contributed by atoms with van der Waals surface area (Å²) in [5.74, 6) is 1.05. The van der Waals surface area contributed by atoms with E-state index >= 15 is 0 Å². The van der Waals surface area contributed by atoms with E-state index in [9.17, 15) is 13.2 Å². The first-order valence-electron chi connectivity index (χ1n) is 9.75. The largest absolute Gasteiger partial charge is 0.339 e. The minimum absolute atomic E-state index is 0.0138. The van der Waals surface area contributed by atoms with Gasteiger partial charge in [0.15, 0.2) is 8.68 Å². The summed E-state index contributed by atoms with van der Waals surface area (Å²) in [6.45, 7) is 10.9. The zero-order valence-corrected chi connectivity index (χ0v) is 21.1. The summed E-state index contributed by atoms with van der Waals surface area (Å²) in [7, 11) is -3.56. The van der Waals surface area contributed by atoms with Gasteiger partial charge in [0.05, 0.1) is 10.6 Å². The monoisotopic (exact) mass is 498 g/mol. The molecule has 3 rings (SSSR count). The number of aryl methyl sites for hydroxylation is 2. The van der Waals surface area contributed by atoms with E-state index in [4.69, 9.17) is 0 Å². The van der Waals surface area contributed by atoms with E-state index in [0.29, 0.717) is 31.1 Å². The van der Waals surface area contributed by atoms with Gasteiger partial charge in [-0.3, -0.25) is 4.79 Å². The molecule has 1 fully saturated rings.